The Balaban J connectivity index is 2.06. The molecule has 0 amide bonds. The largest absolute Gasteiger partial charge is 0.507 e. The standard InChI is InChI=1S/C12H13N3O3/c1-15-5-4-9(14-15)7-13-8-2-3-10(12(17)18)11(16)6-8/h2-6,13,16H,7H2,1H3,(H,17,18). The van der Waals surface area contributed by atoms with Crippen LogP contribution < -0.4 is 5.32 Å². The Labute approximate surface area is 103 Å². The molecule has 6 nitrogen and oxygen atoms in total. The minimum absolute atomic E-state index is 0.113. The van der Waals surface area contributed by atoms with Crippen molar-refractivity contribution in [2.75, 3.05) is 5.32 Å². The monoisotopic (exact) mass is 247 g/mol. The molecule has 0 aliphatic rings. The molecule has 18 heavy (non-hydrogen) atoms. The van der Waals surface area contributed by atoms with E-state index < -0.39 is 5.97 Å². The summed E-state index contributed by atoms with van der Waals surface area (Å²) in [6, 6.07) is 6.22. The molecule has 1 heterocycles. The molecular formula is C12H13N3O3. The third-order valence-corrected chi connectivity index (χ3v) is 2.47. The first kappa shape index (κ1) is 12.0. The van der Waals surface area contributed by atoms with Crippen molar-refractivity contribution in [3.63, 3.8) is 0 Å². The van der Waals surface area contributed by atoms with Crippen molar-refractivity contribution in [3.05, 3.63) is 41.7 Å². The van der Waals surface area contributed by atoms with E-state index in [4.69, 9.17) is 5.11 Å². The maximum atomic E-state index is 10.7. The first-order valence-electron chi connectivity index (χ1n) is 5.35. The van der Waals surface area contributed by atoms with Crippen molar-refractivity contribution in [2.45, 2.75) is 6.54 Å². The van der Waals surface area contributed by atoms with Crippen molar-refractivity contribution in [1.82, 2.24) is 9.78 Å². The van der Waals surface area contributed by atoms with Gasteiger partial charge in [0, 0.05) is 25.0 Å². The lowest BCUT2D eigenvalue weighted by Crippen LogP contribution is -2.02. The molecule has 0 aliphatic carbocycles. The SMILES string of the molecule is Cn1ccc(CNc2ccc(C(=O)O)c(O)c2)n1. The van der Waals surface area contributed by atoms with E-state index in [0.717, 1.165) is 5.69 Å². The van der Waals surface area contributed by atoms with Gasteiger partial charge in [-0.3, -0.25) is 4.68 Å². The third kappa shape index (κ3) is 2.60. The second kappa shape index (κ2) is 4.79. The highest BCUT2D eigenvalue weighted by Gasteiger charge is 2.09. The molecule has 2 aromatic rings. The van der Waals surface area contributed by atoms with Crippen LogP contribution >= 0.6 is 0 Å². The summed E-state index contributed by atoms with van der Waals surface area (Å²) in [4.78, 5) is 10.7. The number of rotatable bonds is 4. The maximum absolute atomic E-state index is 10.7. The number of aromatic hydroxyl groups is 1. The molecule has 1 aromatic heterocycles. The van der Waals surface area contributed by atoms with Crippen molar-refractivity contribution in [1.29, 1.82) is 0 Å². The molecule has 0 unspecified atom stereocenters. The molecule has 0 bridgehead atoms. The minimum Gasteiger partial charge on any atom is -0.507 e. The predicted molar refractivity (Wildman–Crippen MR) is 65.6 cm³/mol. The van der Waals surface area contributed by atoms with Crippen molar-refractivity contribution >= 4 is 11.7 Å². The highest BCUT2D eigenvalue weighted by atomic mass is 16.4. The fourth-order valence-electron chi connectivity index (χ4n) is 1.57. The quantitative estimate of drug-likeness (QED) is 0.760. The number of aromatic nitrogens is 2. The number of aryl methyl sites for hydroxylation is 1. The molecular weight excluding hydrogens is 234 g/mol. The fourth-order valence-corrected chi connectivity index (χ4v) is 1.57. The average molecular weight is 247 g/mol. The van der Waals surface area contributed by atoms with Crippen LogP contribution in [0.1, 0.15) is 16.1 Å². The lowest BCUT2D eigenvalue weighted by atomic mass is 10.2. The van der Waals surface area contributed by atoms with E-state index >= 15 is 0 Å². The summed E-state index contributed by atoms with van der Waals surface area (Å²) < 4.78 is 1.70. The summed E-state index contributed by atoms with van der Waals surface area (Å²) in [7, 11) is 1.83. The topological polar surface area (TPSA) is 87.4 Å². The zero-order valence-electron chi connectivity index (χ0n) is 9.79. The molecule has 2 rings (SSSR count). The number of phenols is 1. The third-order valence-electron chi connectivity index (χ3n) is 2.47. The van der Waals surface area contributed by atoms with E-state index in [1.807, 2.05) is 19.3 Å². The van der Waals surface area contributed by atoms with Gasteiger partial charge in [0.2, 0.25) is 0 Å². The van der Waals surface area contributed by atoms with Crippen LogP contribution in [0.3, 0.4) is 0 Å². The van der Waals surface area contributed by atoms with Crippen LogP contribution in [0.25, 0.3) is 0 Å². The smallest absolute Gasteiger partial charge is 0.339 e. The van der Waals surface area contributed by atoms with E-state index in [0.29, 0.717) is 12.2 Å². The number of hydrogen-bond acceptors (Lipinski definition) is 4. The van der Waals surface area contributed by atoms with Crippen LogP contribution in [0.15, 0.2) is 30.5 Å². The Morgan fingerprint density at radius 2 is 2.22 bits per heavy atom. The lowest BCUT2D eigenvalue weighted by molar-refractivity contribution is 0.0694. The van der Waals surface area contributed by atoms with E-state index in [2.05, 4.69) is 10.4 Å². The predicted octanol–water partition coefficient (Wildman–Crippen LogP) is 1.44. The molecule has 0 radical (unpaired) electrons. The second-order valence-electron chi connectivity index (χ2n) is 3.87. The van der Waals surface area contributed by atoms with Crippen LogP contribution in [0, 0.1) is 0 Å². The van der Waals surface area contributed by atoms with Gasteiger partial charge in [-0.2, -0.15) is 5.10 Å². The van der Waals surface area contributed by atoms with Crippen LogP contribution in [-0.4, -0.2) is 26.0 Å². The van der Waals surface area contributed by atoms with Gasteiger partial charge in [-0.05, 0) is 18.2 Å². The zero-order valence-corrected chi connectivity index (χ0v) is 9.79. The maximum Gasteiger partial charge on any atom is 0.339 e. The van der Waals surface area contributed by atoms with Gasteiger partial charge in [0.1, 0.15) is 11.3 Å². The van der Waals surface area contributed by atoms with Crippen LogP contribution in [0.2, 0.25) is 0 Å². The zero-order chi connectivity index (χ0) is 13.1. The summed E-state index contributed by atoms with van der Waals surface area (Å²) in [5, 5.41) is 25.5. The summed E-state index contributed by atoms with van der Waals surface area (Å²) in [5.74, 6) is -1.41. The molecule has 6 heteroatoms. The molecule has 0 spiro atoms. The van der Waals surface area contributed by atoms with Gasteiger partial charge >= 0.3 is 5.97 Å². The molecule has 0 saturated heterocycles. The molecule has 3 N–H and O–H groups in total. The number of nitrogens with one attached hydrogen (secondary N) is 1. The summed E-state index contributed by atoms with van der Waals surface area (Å²) in [6.45, 7) is 0.507. The normalized spacial score (nSPS) is 10.3. The summed E-state index contributed by atoms with van der Waals surface area (Å²) >= 11 is 0. The Hall–Kier alpha value is -2.50. The van der Waals surface area contributed by atoms with Gasteiger partial charge in [-0.25, -0.2) is 4.79 Å². The number of carbonyl (C=O) groups is 1. The van der Waals surface area contributed by atoms with Gasteiger partial charge in [-0.15, -0.1) is 0 Å². The average Bonchev–Trinajstić information content (AvgIpc) is 2.72. The molecule has 0 fully saturated rings. The molecule has 0 saturated carbocycles. The molecule has 0 aliphatic heterocycles. The Bertz CT molecular complexity index is 578. The molecule has 0 atom stereocenters. The fraction of sp³-hybridized carbons (Fsp3) is 0.167. The number of carboxylic acid groups (broad SMARTS) is 1. The van der Waals surface area contributed by atoms with Gasteiger partial charge in [-0.1, -0.05) is 0 Å². The number of nitrogens with zero attached hydrogens (tertiary/aromatic N) is 2. The van der Waals surface area contributed by atoms with E-state index in [1.54, 1.807) is 10.7 Å². The minimum atomic E-state index is -1.15. The highest BCUT2D eigenvalue weighted by molar-refractivity contribution is 5.91. The Morgan fingerprint density at radius 1 is 1.44 bits per heavy atom. The number of carboxylic acids is 1. The van der Waals surface area contributed by atoms with Crippen LogP contribution in [0.5, 0.6) is 5.75 Å². The van der Waals surface area contributed by atoms with Crippen molar-refractivity contribution in [3.8, 4) is 5.75 Å². The first-order valence-corrected chi connectivity index (χ1v) is 5.35. The highest BCUT2D eigenvalue weighted by Crippen LogP contribution is 2.22. The van der Waals surface area contributed by atoms with Gasteiger partial charge in [0.15, 0.2) is 0 Å². The number of anilines is 1. The van der Waals surface area contributed by atoms with E-state index in [9.17, 15) is 9.90 Å². The first-order chi connectivity index (χ1) is 8.56. The molecule has 94 valence electrons. The Kier molecular flexibility index (Phi) is 3.18. The van der Waals surface area contributed by atoms with E-state index in [-0.39, 0.29) is 11.3 Å². The van der Waals surface area contributed by atoms with Crippen molar-refractivity contribution < 1.29 is 15.0 Å². The van der Waals surface area contributed by atoms with Gasteiger partial charge in [0.05, 0.1) is 12.2 Å². The van der Waals surface area contributed by atoms with Crippen LogP contribution in [-0.2, 0) is 13.6 Å². The van der Waals surface area contributed by atoms with Crippen LogP contribution in [0.4, 0.5) is 5.69 Å². The summed E-state index contributed by atoms with van der Waals surface area (Å²) in [5.41, 5.74) is 1.39. The van der Waals surface area contributed by atoms with E-state index in [1.165, 1.54) is 12.1 Å². The van der Waals surface area contributed by atoms with Crippen molar-refractivity contribution in [2.24, 2.45) is 7.05 Å². The number of hydrogen-bond donors (Lipinski definition) is 3. The lowest BCUT2D eigenvalue weighted by Gasteiger charge is -2.06. The second-order valence-corrected chi connectivity index (χ2v) is 3.87. The van der Waals surface area contributed by atoms with Gasteiger partial charge in [0.25, 0.3) is 0 Å². The summed E-state index contributed by atoms with van der Waals surface area (Å²) in [6.07, 6.45) is 1.84. The number of aromatic carboxylic acids is 1. The Morgan fingerprint density at radius 3 is 2.78 bits per heavy atom. The van der Waals surface area contributed by atoms with Gasteiger partial charge < -0.3 is 15.5 Å². The number of benzene rings is 1. The molecule has 1 aromatic carbocycles.